The molecule has 2 aromatic rings. The number of aromatic nitrogens is 4. The van der Waals surface area contributed by atoms with Crippen LogP contribution in [0.15, 0.2) is 24.7 Å². The van der Waals surface area contributed by atoms with E-state index >= 15 is 0 Å². The van der Waals surface area contributed by atoms with Crippen molar-refractivity contribution in [2.45, 2.75) is 32.9 Å². The molecule has 0 bridgehead atoms. The number of hydrogen-bond acceptors (Lipinski definition) is 6. The summed E-state index contributed by atoms with van der Waals surface area (Å²) in [5.41, 5.74) is 2.07. The third-order valence-electron chi connectivity index (χ3n) is 4.93. The summed E-state index contributed by atoms with van der Waals surface area (Å²) in [6.07, 6.45) is 3.75. The van der Waals surface area contributed by atoms with Gasteiger partial charge in [0.15, 0.2) is 0 Å². The molecule has 1 fully saturated rings. The minimum Gasteiger partial charge on any atom is -0.354 e. The highest BCUT2D eigenvalue weighted by atomic mass is 16.1. The van der Waals surface area contributed by atoms with E-state index < -0.39 is 0 Å². The lowest BCUT2D eigenvalue weighted by Gasteiger charge is -2.22. The molecule has 0 saturated carbocycles. The zero-order valence-electron chi connectivity index (χ0n) is 16.6. The number of carbonyl (C=O) groups excluding carboxylic acids is 1. The van der Waals surface area contributed by atoms with Crippen LogP contribution in [0.5, 0.6) is 0 Å². The number of hydrogen-bond donors (Lipinski definition) is 1. The van der Waals surface area contributed by atoms with Crippen molar-refractivity contribution in [2.75, 3.05) is 38.6 Å². The fourth-order valence-corrected chi connectivity index (χ4v) is 3.73. The Kier molecular flexibility index (Phi) is 6.05. The Morgan fingerprint density at radius 2 is 2.15 bits per heavy atom. The van der Waals surface area contributed by atoms with Crippen LogP contribution in [-0.4, -0.2) is 70.3 Å². The predicted octanol–water partition coefficient (Wildman–Crippen LogP) is 0.863. The highest BCUT2D eigenvalue weighted by Gasteiger charge is 2.34. The lowest BCUT2D eigenvalue weighted by molar-refractivity contribution is -0.122. The maximum absolute atomic E-state index is 12.6. The van der Waals surface area contributed by atoms with E-state index in [1.54, 1.807) is 12.5 Å². The molecule has 146 valence electrons. The fourth-order valence-electron chi connectivity index (χ4n) is 3.73. The molecule has 1 N–H and O–H groups in total. The average molecular weight is 371 g/mol. The SMILES string of the molecule is Cc1cc(C)n(CCC(=O)N[C@@H]2CN(c3ccncn3)C[C@H]2CN(C)C)n1. The van der Waals surface area contributed by atoms with E-state index in [4.69, 9.17) is 0 Å². The first-order valence-electron chi connectivity index (χ1n) is 9.38. The van der Waals surface area contributed by atoms with Crippen LogP contribution in [0.25, 0.3) is 0 Å². The van der Waals surface area contributed by atoms with Crippen molar-refractivity contribution >= 4 is 11.7 Å². The highest BCUT2D eigenvalue weighted by molar-refractivity contribution is 5.76. The van der Waals surface area contributed by atoms with Gasteiger partial charge in [0.2, 0.25) is 5.91 Å². The maximum Gasteiger partial charge on any atom is 0.222 e. The summed E-state index contributed by atoms with van der Waals surface area (Å²) in [4.78, 5) is 25.3. The molecule has 2 atom stereocenters. The molecule has 1 saturated heterocycles. The largest absolute Gasteiger partial charge is 0.354 e. The molecule has 0 aromatic carbocycles. The summed E-state index contributed by atoms with van der Waals surface area (Å²) in [5, 5.41) is 7.67. The van der Waals surface area contributed by atoms with E-state index in [1.165, 1.54) is 0 Å². The molecule has 0 aliphatic carbocycles. The molecule has 0 spiro atoms. The maximum atomic E-state index is 12.6. The van der Waals surface area contributed by atoms with Gasteiger partial charge in [-0.25, -0.2) is 9.97 Å². The Labute approximate surface area is 160 Å². The van der Waals surface area contributed by atoms with E-state index in [0.29, 0.717) is 18.9 Å². The van der Waals surface area contributed by atoms with Gasteiger partial charge in [-0.1, -0.05) is 0 Å². The standard InChI is InChI=1S/C19H29N7O/c1-14-9-15(2)26(23-14)8-6-19(27)22-17-12-25(11-16(17)10-24(3)4)18-5-7-20-13-21-18/h5,7,9,13,16-17H,6,8,10-12H2,1-4H3,(H,22,27)/t16-,17-/m1/s1. The first-order valence-corrected chi connectivity index (χ1v) is 9.38. The smallest absolute Gasteiger partial charge is 0.222 e. The molecule has 27 heavy (non-hydrogen) atoms. The second-order valence-corrected chi connectivity index (χ2v) is 7.57. The summed E-state index contributed by atoms with van der Waals surface area (Å²) in [6, 6.07) is 4.05. The van der Waals surface area contributed by atoms with E-state index in [1.807, 2.05) is 30.7 Å². The molecule has 0 radical (unpaired) electrons. The molecule has 1 aliphatic heterocycles. The first kappa shape index (κ1) is 19.3. The van der Waals surface area contributed by atoms with Crippen molar-refractivity contribution in [1.82, 2.24) is 30.0 Å². The molecule has 8 nitrogen and oxygen atoms in total. The predicted molar refractivity (Wildman–Crippen MR) is 105 cm³/mol. The van der Waals surface area contributed by atoms with Gasteiger partial charge in [0.25, 0.3) is 0 Å². The van der Waals surface area contributed by atoms with Crippen LogP contribution in [0.4, 0.5) is 5.82 Å². The van der Waals surface area contributed by atoms with Gasteiger partial charge in [-0.3, -0.25) is 9.48 Å². The van der Waals surface area contributed by atoms with Gasteiger partial charge in [0, 0.05) is 50.4 Å². The Hall–Kier alpha value is -2.48. The van der Waals surface area contributed by atoms with Gasteiger partial charge in [0.05, 0.1) is 11.7 Å². The molecule has 3 rings (SSSR count). The average Bonchev–Trinajstić information content (AvgIpc) is 3.16. The second-order valence-electron chi connectivity index (χ2n) is 7.57. The Bertz CT molecular complexity index is 759. The fraction of sp³-hybridized carbons (Fsp3) is 0.579. The molecular weight excluding hydrogens is 342 g/mol. The minimum atomic E-state index is 0.0702. The number of nitrogens with one attached hydrogen (secondary N) is 1. The number of aryl methyl sites for hydroxylation is 3. The minimum absolute atomic E-state index is 0.0702. The van der Waals surface area contributed by atoms with E-state index in [-0.39, 0.29) is 11.9 Å². The Morgan fingerprint density at radius 3 is 2.78 bits per heavy atom. The number of rotatable bonds is 7. The van der Waals surface area contributed by atoms with Crippen molar-refractivity contribution in [3.8, 4) is 0 Å². The summed E-state index contributed by atoms with van der Waals surface area (Å²) in [7, 11) is 4.13. The van der Waals surface area contributed by atoms with Crippen LogP contribution in [0, 0.1) is 19.8 Å². The number of anilines is 1. The van der Waals surface area contributed by atoms with Crippen molar-refractivity contribution in [1.29, 1.82) is 0 Å². The van der Waals surface area contributed by atoms with Crippen LogP contribution < -0.4 is 10.2 Å². The normalized spacial score (nSPS) is 19.7. The molecule has 2 aromatic heterocycles. The van der Waals surface area contributed by atoms with Crippen LogP contribution >= 0.6 is 0 Å². The number of carbonyl (C=O) groups is 1. The monoisotopic (exact) mass is 371 g/mol. The molecule has 1 amide bonds. The zero-order valence-corrected chi connectivity index (χ0v) is 16.6. The van der Waals surface area contributed by atoms with Crippen LogP contribution in [-0.2, 0) is 11.3 Å². The third kappa shape index (κ3) is 5.03. The molecule has 8 heteroatoms. The van der Waals surface area contributed by atoms with Crippen molar-refractivity contribution in [2.24, 2.45) is 5.92 Å². The van der Waals surface area contributed by atoms with E-state index in [0.717, 1.165) is 36.8 Å². The van der Waals surface area contributed by atoms with E-state index in [9.17, 15) is 4.79 Å². The Balaban J connectivity index is 1.60. The first-order chi connectivity index (χ1) is 12.9. The van der Waals surface area contributed by atoms with Gasteiger partial charge >= 0.3 is 0 Å². The van der Waals surface area contributed by atoms with Gasteiger partial charge < -0.3 is 15.1 Å². The summed E-state index contributed by atoms with van der Waals surface area (Å²) >= 11 is 0. The van der Waals surface area contributed by atoms with Crippen LogP contribution in [0.1, 0.15) is 17.8 Å². The van der Waals surface area contributed by atoms with E-state index in [2.05, 4.69) is 44.3 Å². The lowest BCUT2D eigenvalue weighted by atomic mass is 10.0. The summed E-state index contributed by atoms with van der Waals surface area (Å²) in [6.45, 7) is 7.15. The Morgan fingerprint density at radius 1 is 1.33 bits per heavy atom. The molecule has 3 heterocycles. The second kappa shape index (κ2) is 8.47. The van der Waals surface area contributed by atoms with Gasteiger partial charge in [-0.15, -0.1) is 0 Å². The van der Waals surface area contributed by atoms with Crippen LogP contribution in [0.2, 0.25) is 0 Å². The lowest BCUT2D eigenvalue weighted by Crippen LogP contribution is -2.43. The van der Waals surface area contributed by atoms with Crippen molar-refractivity contribution < 1.29 is 4.79 Å². The van der Waals surface area contributed by atoms with Gasteiger partial charge in [-0.2, -0.15) is 5.10 Å². The topological polar surface area (TPSA) is 79.2 Å². The molecule has 0 unspecified atom stereocenters. The zero-order chi connectivity index (χ0) is 19.4. The summed E-state index contributed by atoms with van der Waals surface area (Å²) < 4.78 is 1.90. The molecular formula is C19H29N7O. The highest BCUT2D eigenvalue weighted by Crippen LogP contribution is 2.22. The van der Waals surface area contributed by atoms with Gasteiger partial charge in [0.1, 0.15) is 12.1 Å². The van der Waals surface area contributed by atoms with Crippen molar-refractivity contribution in [3.05, 3.63) is 36.0 Å². The molecule has 1 aliphatic rings. The number of nitrogens with zero attached hydrogens (tertiary/aromatic N) is 6. The number of amides is 1. The quantitative estimate of drug-likeness (QED) is 0.778. The van der Waals surface area contributed by atoms with Gasteiger partial charge in [-0.05, 0) is 40.1 Å². The summed E-state index contributed by atoms with van der Waals surface area (Å²) in [5.74, 6) is 1.33. The third-order valence-corrected chi connectivity index (χ3v) is 4.93. The van der Waals surface area contributed by atoms with Crippen molar-refractivity contribution in [3.63, 3.8) is 0 Å². The van der Waals surface area contributed by atoms with Crippen LogP contribution in [0.3, 0.4) is 0 Å².